The number of nitrogens with one attached hydrogen (secondary N) is 1. The van der Waals surface area contributed by atoms with Crippen molar-refractivity contribution in [2.75, 3.05) is 26.3 Å². The van der Waals surface area contributed by atoms with E-state index in [0.717, 1.165) is 25.7 Å². The molecule has 0 radical (unpaired) electrons. The molecule has 2 heterocycles. The lowest BCUT2D eigenvalue weighted by molar-refractivity contribution is -0.138. The molecule has 0 spiro atoms. The van der Waals surface area contributed by atoms with E-state index in [4.69, 9.17) is 9.84 Å². The second-order valence-electron chi connectivity index (χ2n) is 5.36. The van der Waals surface area contributed by atoms with E-state index < -0.39 is 5.97 Å². The molecule has 0 saturated carbocycles. The van der Waals surface area contributed by atoms with Gasteiger partial charge >= 0.3 is 12.0 Å². The van der Waals surface area contributed by atoms with Gasteiger partial charge in [0.25, 0.3) is 0 Å². The fourth-order valence-electron chi connectivity index (χ4n) is 2.69. The third kappa shape index (κ3) is 4.38. The van der Waals surface area contributed by atoms with Crippen LogP contribution in [0.25, 0.3) is 0 Å². The highest BCUT2D eigenvalue weighted by atomic mass is 16.5. The third-order valence-electron chi connectivity index (χ3n) is 3.91. The SMILES string of the molecule is O=C(O)CC1CCN(C(=O)NC2CCOCC2)CC1. The third-order valence-corrected chi connectivity index (χ3v) is 3.91. The Hall–Kier alpha value is -1.30. The molecule has 19 heavy (non-hydrogen) atoms. The first-order chi connectivity index (χ1) is 9.15. The van der Waals surface area contributed by atoms with Crippen molar-refractivity contribution in [2.24, 2.45) is 5.92 Å². The van der Waals surface area contributed by atoms with Crippen LogP contribution in [0.3, 0.4) is 0 Å². The molecule has 2 aliphatic rings. The smallest absolute Gasteiger partial charge is 0.317 e. The molecule has 0 unspecified atom stereocenters. The minimum Gasteiger partial charge on any atom is -0.481 e. The standard InChI is InChI=1S/C13H22N2O4/c16-12(17)9-10-1-5-15(6-2-10)13(18)14-11-3-7-19-8-4-11/h10-11H,1-9H2,(H,14,18)(H,16,17). The van der Waals surface area contributed by atoms with Gasteiger partial charge < -0.3 is 20.1 Å². The van der Waals surface area contributed by atoms with E-state index in [9.17, 15) is 9.59 Å². The highest BCUT2D eigenvalue weighted by Gasteiger charge is 2.26. The van der Waals surface area contributed by atoms with Crippen LogP contribution in [-0.4, -0.2) is 54.4 Å². The number of carbonyl (C=O) groups excluding carboxylic acids is 1. The number of nitrogens with zero attached hydrogens (tertiary/aromatic N) is 1. The number of amides is 2. The number of carboxylic acids is 1. The summed E-state index contributed by atoms with van der Waals surface area (Å²) in [6.45, 7) is 2.75. The van der Waals surface area contributed by atoms with Gasteiger partial charge in [-0.2, -0.15) is 0 Å². The zero-order valence-corrected chi connectivity index (χ0v) is 11.1. The van der Waals surface area contributed by atoms with Crippen LogP contribution in [-0.2, 0) is 9.53 Å². The fourth-order valence-corrected chi connectivity index (χ4v) is 2.69. The van der Waals surface area contributed by atoms with Crippen LogP contribution in [0.1, 0.15) is 32.1 Å². The van der Waals surface area contributed by atoms with E-state index in [1.807, 2.05) is 0 Å². The number of rotatable bonds is 3. The van der Waals surface area contributed by atoms with Crippen LogP contribution in [0.2, 0.25) is 0 Å². The molecule has 108 valence electrons. The molecule has 2 fully saturated rings. The van der Waals surface area contributed by atoms with Crippen molar-refractivity contribution in [3.05, 3.63) is 0 Å². The lowest BCUT2D eigenvalue weighted by atomic mass is 9.94. The topological polar surface area (TPSA) is 78.9 Å². The fraction of sp³-hybridized carbons (Fsp3) is 0.846. The molecule has 2 saturated heterocycles. The minimum atomic E-state index is -0.745. The first-order valence-electron chi connectivity index (χ1n) is 7.00. The van der Waals surface area contributed by atoms with Gasteiger partial charge in [0.2, 0.25) is 0 Å². The summed E-state index contributed by atoms with van der Waals surface area (Å²) < 4.78 is 5.26. The maximum absolute atomic E-state index is 12.1. The summed E-state index contributed by atoms with van der Waals surface area (Å²) in [7, 11) is 0. The second-order valence-corrected chi connectivity index (χ2v) is 5.36. The summed E-state index contributed by atoms with van der Waals surface area (Å²) in [5.74, 6) is -0.533. The Balaban J connectivity index is 1.71. The van der Waals surface area contributed by atoms with Gasteiger partial charge in [-0.25, -0.2) is 4.79 Å². The number of piperidine rings is 1. The molecule has 2 amide bonds. The lowest BCUT2D eigenvalue weighted by Gasteiger charge is -2.33. The average molecular weight is 270 g/mol. The number of carbonyl (C=O) groups is 2. The largest absolute Gasteiger partial charge is 0.481 e. The number of aliphatic carboxylic acids is 1. The Kier molecular flexibility index (Phi) is 5.01. The maximum Gasteiger partial charge on any atom is 0.317 e. The Morgan fingerprint density at radius 2 is 1.79 bits per heavy atom. The van der Waals surface area contributed by atoms with Crippen molar-refractivity contribution < 1.29 is 19.4 Å². The zero-order valence-electron chi connectivity index (χ0n) is 11.1. The number of ether oxygens (including phenoxy) is 1. The molecule has 6 heteroatoms. The van der Waals surface area contributed by atoms with Gasteiger partial charge in [-0.05, 0) is 31.6 Å². The highest BCUT2D eigenvalue weighted by Crippen LogP contribution is 2.20. The Morgan fingerprint density at radius 1 is 1.16 bits per heavy atom. The van der Waals surface area contributed by atoms with Crippen LogP contribution < -0.4 is 5.32 Å². The highest BCUT2D eigenvalue weighted by molar-refractivity contribution is 5.74. The molecule has 0 atom stereocenters. The number of hydrogen-bond donors (Lipinski definition) is 2. The van der Waals surface area contributed by atoms with E-state index in [0.29, 0.717) is 26.3 Å². The van der Waals surface area contributed by atoms with Crippen molar-refractivity contribution in [3.63, 3.8) is 0 Å². The summed E-state index contributed by atoms with van der Waals surface area (Å²) in [6, 6.07) is 0.207. The first-order valence-corrected chi connectivity index (χ1v) is 7.00. The van der Waals surface area contributed by atoms with E-state index in [2.05, 4.69) is 5.32 Å². The zero-order chi connectivity index (χ0) is 13.7. The van der Waals surface area contributed by atoms with Crippen molar-refractivity contribution in [2.45, 2.75) is 38.1 Å². The summed E-state index contributed by atoms with van der Waals surface area (Å²) >= 11 is 0. The average Bonchev–Trinajstić information content (AvgIpc) is 2.40. The molecule has 0 bridgehead atoms. The number of urea groups is 1. The molecule has 2 aliphatic heterocycles. The molecular weight excluding hydrogens is 248 g/mol. The quantitative estimate of drug-likeness (QED) is 0.803. The summed E-state index contributed by atoms with van der Waals surface area (Å²) in [6.07, 6.45) is 3.54. The van der Waals surface area contributed by atoms with E-state index >= 15 is 0 Å². The van der Waals surface area contributed by atoms with Crippen LogP contribution in [0, 0.1) is 5.92 Å². The van der Waals surface area contributed by atoms with Crippen molar-refractivity contribution >= 4 is 12.0 Å². The summed E-state index contributed by atoms with van der Waals surface area (Å²) in [5.41, 5.74) is 0. The normalized spacial score (nSPS) is 22.2. The van der Waals surface area contributed by atoms with Gasteiger partial charge in [0, 0.05) is 38.8 Å². The van der Waals surface area contributed by atoms with Gasteiger partial charge in [0.15, 0.2) is 0 Å². The van der Waals surface area contributed by atoms with Crippen molar-refractivity contribution in [1.29, 1.82) is 0 Å². The molecule has 0 aliphatic carbocycles. The molecule has 6 nitrogen and oxygen atoms in total. The van der Waals surface area contributed by atoms with Crippen molar-refractivity contribution in [1.82, 2.24) is 10.2 Å². The predicted octanol–water partition coefficient (Wildman–Crippen LogP) is 1.06. The molecular formula is C13H22N2O4. The minimum absolute atomic E-state index is 0.0133. The van der Waals surface area contributed by atoms with Crippen LogP contribution >= 0.6 is 0 Å². The van der Waals surface area contributed by atoms with E-state index in [-0.39, 0.29) is 24.4 Å². The van der Waals surface area contributed by atoms with Gasteiger partial charge in [-0.15, -0.1) is 0 Å². The number of hydrogen-bond acceptors (Lipinski definition) is 3. The van der Waals surface area contributed by atoms with Crippen LogP contribution in [0.15, 0.2) is 0 Å². The molecule has 2 rings (SSSR count). The van der Waals surface area contributed by atoms with Crippen LogP contribution in [0.5, 0.6) is 0 Å². The number of carboxylic acid groups (broad SMARTS) is 1. The summed E-state index contributed by atoms with van der Waals surface area (Å²) in [5, 5.41) is 11.8. The first kappa shape index (κ1) is 14.1. The van der Waals surface area contributed by atoms with Crippen LogP contribution in [0.4, 0.5) is 4.79 Å². The predicted molar refractivity (Wildman–Crippen MR) is 68.9 cm³/mol. The molecule has 0 aromatic heterocycles. The van der Waals surface area contributed by atoms with Gasteiger partial charge in [0.05, 0.1) is 0 Å². The van der Waals surface area contributed by atoms with Gasteiger partial charge in [0.1, 0.15) is 0 Å². The van der Waals surface area contributed by atoms with E-state index in [1.165, 1.54) is 0 Å². The molecule has 0 aromatic rings. The lowest BCUT2D eigenvalue weighted by Crippen LogP contribution is -2.49. The Labute approximate surface area is 113 Å². The maximum atomic E-state index is 12.1. The van der Waals surface area contributed by atoms with Crippen molar-refractivity contribution in [3.8, 4) is 0 Å². The second kappa shape index (κ2) is 6.75. The summed E-state index contributed by atoms with van der Waals surface area (Å²) in [4.78, 5) is 24.5. The molecule has 0 aromatic carbocycles. The number of likely N-dealkylation sites (tertiary alicyclic amines) is 1. The van der Waals surface area contributed by atoms with Gasteiger partial charge in [-0.3, -0.25) is 4.79 Å². The monoisotopic (exact) mass is 270 g/mol. The van der Waals surface area contributed by atoms with E-state index in [1.54, 1.807) is 4.90 Å². The Bertz CT molecular complexity index is 321. The molecule has 2 N–H and O–H groups in total. The van der Waals surface area contributed by atoms with Gasteiger partial charge in [-0.1, -0.05) is 0 Å². The Morgan fingerprint density at radius 3 is 2.37 bits per heavy atom.